The number of anilines is 1. The van der Waals surface area contributed by atoms with E-state index < -0.39 is 6.04 Å². The molecule has 0 spiro atoms. The number of H-pyrrole nitrogens is 1. The van der Waals surface area contributed by atoms with E-state index in [0.717, 1.165) is 16.7 Å². The lowest BCUT2D eigenvalue weighted by Crippen LogP contribution is -2.26. The Hall–Kier alpha value is -4.33. The highest BCUT2D eigenvalue weighted by molar-refractivity contribution is 5.98. The number of aromatic amines is 1. The van der Waals surface area contributed by atoms with E-state index in [1.54, 1.807) is 18.5 Å². The summed E-state index contributed by atoms with van der Waals surface area (Å²) in [5, 5.41) is 3.30. The fourth-order valence-corrected chi connectivity index (χ4v) is 4.82. The molecule has 1 saturated heterocycles. The van der Waals surface area contributed by atoms with Crippen molar-refractivity contribution in [3.63, 3.8) is 0 Å². The number of imidazole rings is 1. The smallest absolute Gasteiger partial charge is 0.132 e. The van der Waals surface area contributed by atoms with Crippen molar-refractivity contribution in [2.24, 2.45) is 4.99 Å². The molecule has 7 nitrogen and oxygen atoms in total. The second-order valence-corrected chi connectivity index (χ2v) is 8.04. The van der Waals surface area contributed by atoms with Crippen LogP contribution in [0.25, 0.3) is 27.6 Å². The zero-order chi connectivity index (χ0) is 21.4. The third-order valence-electron chi connectivity index (χ3n) is 6.29. The van der Waals surface area contributed by atoms with Gasteiger partial charge in [-0.25, -0.2) is 18.9 Å². The van der Waals surface area contributed by atoms with Crippen LogP contribution < -0.4 is 10.2 Å². The maximum atomic E-state index is 15.0. The van der Waals surface area contributed by atoms with Gasteiger partial charge in [0.2, 0.25) is 0 Å². The predicted molar refractivity (Wildman–Crippen MR) is 123 cm³/mol. The molecule has 156 valence electrons. The van der Waals surface area contributed by atoms with Crippen LogP contribution in [0.2, 0.25) is 0 Å². The molecule has 2 aromatic carbocycles. The Bertz CT molecular complexity index is 1620. The van der Waals surface area contributed by atoms with E-state index in [-0.39, 0.29) is 5.82 Å². The van der Waals surface area contributed by atoms with Gasteiger partial charge in [-0.3, -0.25) is 4.68 Å². The summed E-state index contributed by atoms with van der Waals surface area (Å²) in [6.45, 7) is 4.64. The van der Waals surface area contributed by atoms with Crippen LogP contribution in [0.3, 0.4) is 0 Å². The summed E-state index contributed by atoms with van der Waals surface area (Å²) >= 11 is 0. The lowest BCUT2D eigenvalue weighted by Gasteiger charge is -2.26. The Morgan fingerprint density at radius 2 is 1.97 bits per heavy atom. The minimum absolute atomic E-state index is 0.281. The van der Waals surface area contributed by atoms with Crippen LogP contribution in [0.4, 0.5) is 10.1 Å². The Balaban J connectivity index is 1.33. The number of halogens is 1. The third kappa shape index (κ3) is 2.23. The van der Waals surface area contributed by atoms with Crippen LogP contribution in [-0.2, 0) is 6.67 Å². The van der Waals surface area contributed by atoms with Gasteiger partial charge in [-0.2, -0.15) is 0 Å². The molecule has 1 aliphatic heterocycles. The first kappa shape index (κ1) is 17.4. The van der Waals surface area contributed by atoms with Crippen molar-refractivity contribution in [1.29, 1.82) is 0 Å². The van der Waals surface area contributed by atoms with Crippen molar-refractivity contribution in [3.8, 4) is 0 Å². The van der Waals surface area contributed by atoms with E-state index in [9.17, 15) is 4.39 Å². The quantitative estimate of drug-likeness (QED) is 0.440. The topological polar surface area (TPSA) is 65.7 Å². The molecule has 1 aliphatic rings. The Morgan fingerprint density at radius 1 is 1.06 bits per heavy atom. The minimum atomic E-state index is -0.460. The maximum absolute atomic E-state index is 15.0. The zero-order valence-corrected chi connectivity index (χ0v) is 17.0. The molecule has 1 unspecified atom stereocenters. The van der Waals surface area contributed by atoms with Gasteiger partial charge in [0, 0.05) is 11.3 Å². The number of benzene rings is 3. The fourth-order valence-electron chi connectivity index (χ4n) is 4.82. The zero-order valence-electron chi connectivity index (χ0n) is 17.0. The van der Waals surface area contributed by atoms with E-state index in [1.165, 1.54) is 22.6 Å². The molecule has 0 saturated carbocycles. The summed E-state index contributed by atoms with van der Waals surface area (Å²) < 4.78 is 19.2. The van der Waals surface area contributed by atoms with Gasteiger partial charge in [0.1, 0.15) is 30.2 Å². The maximum Gasteiger partial charge on any atom is 0.132 e. The van der Waals surface area contributed by atoms with Gasteiger partial charge in [0.25, 0.3) is 0 Å². The molecule has 0 amide bonds. The molecular weight excluding hydrogens is 405 g/mol. The summed E-state index contributed by atoms with van der Waals surface area (Å²) in [7, 11) is 0. The highest BCUT2D eigenvalue weighted by Gasteiger charge is 2.37. The molecule has 2 N–H and O–H groups in total. The number of nitrogens with zero attached hydrogens (tertiary/aromatic N) is 5. The average molecular weight is 423 g/mol. The molecule has 32 heavy (non-hydrogen) atoms. The normalized spacial score (nSPS) is 18.3. The summed E-state index contributed by atoms with van der Waals surface area (Å²) in [5.41, 5.74) is 6.73. The molecule has 5 aromatic heterocycles. The molecular formula is C24H18FN7. The first-order valence-corrected chi connectivity index (χ1v) is 10.4. The van der Waals surface area contributed by atoms with Gasteiger partial charge in [-0.1, -0.05) is 24.8 Å². The lowest BCUT2D eigenvalue weighted by atomic mass is 10.0. The Labute approximate surface area is 181 Å². The van der Waals surface area contributed by atoms with E-state index in [2.05, 4.69) is 49.3 Å². The molecule has 0 radical (unpaired) electrons. The molecule has 0 aliphatic carbocycles. The number of aliphatic imine (C=N–C) groups is 1. The Kier molecular flexibility index (Phi) is 3.31. The summed E-state index contributed by atoms with van der Waals surface area (Å²) in [4.78, 5) is 14.3. The minimum Gasteiger partial charge on any atom is -0.345 e. The summed E-state index contributed by atoms with van der Waals surface area (Å²) in [6.07, 6.45) is 1.66. The number of hydrogen-bond donors (Lipinski definition) is 2. The van der Waals surface area contributed by atoms with Crippen LogP contribution >= 0.6 is 0 Å². The third-order valence-corrected chi connectivity index (χ3v) is 6.29. The highest BCUT2D eigenvalue weighted by Crippen LogP contribution is 2.37. The van der Waals surface area contributed by atoms with Gasteiger partial charge in [0.15, 0.2) is 0 Å². The van der Waals surface area contributed by atoms with E-state index in [4.69, 9.17) is 4.99 Å². The van der Waals surface area contributed by atoms with Gasteiger partial charge < -0.3 is 15.2 Å². The molecule has 8 heteroatoms. The molecule has 1 atom stereocenters. The van der Waals surface area contributed by atoms with Crippen LogP contribution in [0.5, 0.6) is 0 Å². The molecule has 4 bridgehead atoms. The number of fused-ring (bicyclic) bond motifs is 1. The van der Waals surface area contributed by atoms with Crippen LogP contribution in [0.1, 0.15) is 11.6 Å². The van der Waals surface area contributed by atoms with Gasteiger partial charge in [-0.15, -0.1) is 0 Å². The largest absolute Gasteiger partial charge is 0.345 e. The standard InChI is InChI=1S/C24H18FN7/c1-14-29-24(28-13-30-22-11-16-7-9-21(22)32(16)30)23(17-4-2-3-5-18(17)25)31(14)15-6-8-19-20(10-15)27-12-26-19/h2-12,23H,1,13H2,(H,26,27)(H,28,29). The van der Waals surface area contributed by atoms with E-state index in [0.29, 0.717) is 23.9 Å². The van der Waals surface area contributed by atoms with Crippen LogP contribution in [-0.4, -0.2) is 25.0 Å². The van der Waals surface area contributed by atoms with Crippen LogP contribution in [0.15, 0.2) is 84.4 Å². The lowest BCUT2D eigenvalue weighted by molar-refractivity contribution is 0.598. The summed E-state index contributed by atoms with van der Waals surface area (Å²) in [6, 6.07) is 18.6. The first-order valence-electron chi connectivity index (χ1n) is 10.4. The van der Waals surface area contributed by atoms with E-state index >= 15 is 0 Å². The van der Waals surface area contributed by atoms with Crippen LogP contribution in [0, 0.1) is 5.82 Å². The van der Waals surface area contributed by atoms with Crippen molar-refractivity contribution < 1.29 is 4.39 Å². The monoisotopic (exact) mass is 423 g/mol. The van der Waals surface area contributed by atoms with Crippen molar-refractivity contribution in [3.05, 3.63) is 90.8 Å². The second-order valence-electron chi connectivity index (χ2n) is 8.04. The fraction of sp³-hybridized carbons (Fsp3) is 0.0833. The van der Waals surface area contributed by atoms with Crippen molar-refractivity contribution in [2.45, 2.75) is 12.7 Å². The number of rotatable bonds is 4. The SMILES string of the molecule is C=C1N/C(=N\Cn2c3cc4ccc3n42)C(c2ccccc2F)N1c1ccc2[nH]cnc2c1. The highest BCUT2D eigenvalue weighted by atomic mass is 19.1. The summed E-state index contributed by atoms with van der Waals surface area (Å²) in [5.74, 6) is 1.02. The van der Waals surface area contributed by atoms with Gasteiger partial charge in [0.05, 0.1) is 33.9 Å². The van der Waals surface area contributed by atoms with E-state index in [1.807, 2.05) is 29.2 Å². The predicted octanol–water partition coefficient (Wildman–Crippen LogP) is 4.46. The number of aromatic nitrogens is 4. The molecule has 7 aromatic rings. The number of amidine groups is 1. The van der Waals surface area contributed by atoms with Crippen molar-refractivity contribution >= 4 is 39.1 Å². The number of nitrogens with one attached hydrogen (secondary N) is 2. The molecule has 1 fully saturated rings. The average Bonchev–Trinajstić information content (AvgIpc) is 3.59. The number of hydrogen-bond acceptors (Lipinski definition) is 3. The van der Waals surface area contributed by atoms with Gasteiger partial charge >= 0.3 is 0 Å². The second kappa shape index (κ2) is 6.10. The van der Waals surface area contributed by atoms with Gasteiger partial charge in [-0.05, 0) is 42.5 Å². The van der Waals surface area contributed by atoms with Crippen molar-refractivity contribution in [1.82, 2.24) is 24.5 Å². The first-order chi connectivity index (χ1) is 15.7. The molecule has 8 rings (SSSR count). The molecule has 6 heterocycles. The Morgan fingerprint density at radius 3 is 2.78 bits per heavy atom. The van der Waals surface area contributed by atoms with Crippen molar-refractivity contribution in [2.75, 3.05) is 4.90 Å².